The molecule has 1 aromatic carbocycles. The molecule has 1 aliphatic rings. The first-order valence-corrected chi connectivity index (χ1v) is 5.82. The zero-order valence-electron chi connectivity index (χ0n) is 10.1. The van der Waals surface area contributed by atoms with Crippen molar-refractivity contribution < 1.29 is 14.3 Å². The first-order valence-electron chi connectivity index (χ1n) is 5.82. The van der Waals surface area contributed by atoms with E-state index in [-0.39, 0.29) is 12.1 Å². The van der Waals surface area contributed by atoms with Crippen molar-refractivity contribution >= 4 is 11.7 Å². The van der Waals surface area contributed by atoms with E-state index in [1.54, 1.807) is 12.1 Å². The summed E-state index contributed by atoms with van der Waals surface area (Å²) in [7, 11) is 0. The number of hydrogen-bond acceptors (Lipinski definition) is 4. The largest absolute Gasteiger partial charge is 0.478 e. The van der Waals surface area contributed by atoms with E-state index in [9.17, 15) is 4.79 Å². The van der Waals surface area contributed by atoms with Gasteiger partial charge in [0.1, 0.15) is 5.75 Å². The van der Waals surface area contributed by atoms with Crippen molar-refractivity contribution in [3.8, 4) is 5.75 Å². The van der Waals surface area contributed by atoms with E-state index in [4.69, 9.17) is 15.2 Å². The van der Waals surface area contributed by atoms with Crippen LogP contribution < -0.4 is 10.5 Å². The fraction of sp³-hybridized carbons (Fsp3) is 0.462. The zero-order chi connectivity index (χ0) is 12.4. The second kappa shape index (κ2) is 4.65. The van der Waals surface area contributed by atoms with E-state index < -0.39 is 6.10 Å². The van der Waals surface area contributed by atoms with Crippen LogP contribution in [0.3, 0.4) is 0 Å². The maximum atomic E-state index is 11.7. The number of esters is 1. The van der Waals surface area contributed by atoms with Gasteiger partial charge in [0.05, 0.1) is 6.10 Å². The van der Waals surface area contributed by atoms with Crippen molar-refractivity contribution in [2.45, 2.75) is 38.9 Å². The second-order valence-electron chi connectivity index (χ2n) is 4.50. The Morgan fingerprint density at radius 3 is 3.00 bits per heavy atom. The van der Waals surface area contributed by atoms with Crippen LogP contribution in [0.25, 0.3) is 0 Å². The quantitative estimate of drug-likeness (QED) is 0.628. The van der Waals surface area contributed by atoms with E-state index in [0.29, 0.717) is 6.42 Å². The highest BCUT2D eigenvalue weighted by atomic mass is 16.6. The number of benzene rings is 1. The molecule has 0 spiro atoms. The molecule has 0 aromatic heterocycles. The van der Waals surface area contributed by atoms with Crippen molar-refractivity contribution in [2.24, 2.45) is 0 Å². The van der Waals surface area contributed by atoms with Crippen molar-refractivity contribution in [3.63, 3.8) is 0 Å². The maximum Gasteiger partial charge on any atom is 0.347 e. The molecule has 1 aliphatic heterocycles. The highest BCUT2D eigenvalue weighted by molar-refractivity contribution is 5.76. The first-order chi connectivity index (χ1) is 8.06. The fourth-order valence-corrected chi connectivity index (χ4v) is 1.88. The summed E-state index contributed by atoms with van der Waals surface area (Å²) in [6, 6.07) is 5.47. The Kier molecular flexibility index (Phi) is 3.22. The van der Waals surface area contributed by atoms with Gasteiger partial charge in [-0.3, -0.25) is 0 Å². The molecule has 0 radical (unpaired) electrons. The third kappa shape index (κ3) is 2.70. The molecule has 0 fully saturated rings. The van der Waals surface area contributed by atoms with Gasteiger partial charge >= 0.3 is 5.97 Å². The lowest BCUT2D eigenvalue weighted by atomic mass is 10.0. The Morgan fingerprint density at radius 1 is 1.53 bits per heavy atom. The summed E-state index contributed by atoms with van der Waals surface area (Å²) in [5, 5.41) is 0. The van der Waals surface area contributed by atoms with Crippen LogP contribution in [0, 0.1) is 0 Å². The van der Waals surface area contributed by atoms with Gasteiger partial charge in [-0.2, -0.15) is 0 Å². The molecule has 1 aromatic rings. The number of carbonyl (C=O) groups excluding carboxylic acids is 1. The van der Waals surface area contributed by atoms with Gasteiger partial charge in [-0.1, -0.05) is 0 Å². The third-order valence-corrected chi connectivity index (χ3v) is 2.64. The molecule has 1 atom stereocenters. The highest BCUT2D eigenvalue weighted by Gasteiger charge is 2.27. The van der Waals surface area contributed by atoms with Crippen LogP contribution >= 0.6 is 0 Å². The molecule has 2 N–H and O–H groups in total. The molecule has 4 heteroatoms. The number of carbonyl (C=O) groups is 1. The molecule has 92 valence electrons. The van der Waals surface area contributed by atoms with Gasteiger partial charge < -0.3 is 15.2 Å². The van der Waals surface area contributed by atoms with Crippen molar-refractivity contribution in [1.29, 1.82) is 0 Å². The molecule has 17 heavy (non-hydrogen) atoms. The summed E-state index contributed by atoms with van der Waals surface area (Å²) < 4.78 is 10.8. The molecule has 1 unspecified atom stereocenters. The Balaban J connectivity index is 2.08. The predicted octanol–water partition coefficient (Wildman–Crippen LogP) is 1.91. The molecular weight excluding hydrogens is 218 g/mol. The average Bonchev–Trinajstić information content (AvgIpc) is 2.27. The lowest BCUT2D eigenvalue weighted by Gasteiger charge is -2.25. The van der Waals surface area contributed by atoms with Gasteiger partial charge in [-0.15, -0.1) is 0 Å². The van der Waals surface area contributed by atoms with Crippen LogP contribution in [0.15, 0.2) is 18.2 Å². The summed E-state index contributed by atoms with van der Waals surface area (Å²) in [5.74, 6) is 0.443. The number of aryl methyl sites for hydroxylation is 1. The molecule has 0 amide bonds. The molecular formula is C13H17NO3. The smallest absolute Gasteiger partial charge is 0.347 e. The van der Waals surface area contributed by atoms with Crippen LogP contribution in [0.1, 0.15) is 25.8 Å². The van der Waals surface area contributed by atoms with Gasteiger partial charge in [0, 0.05) is 5.69 Å². The number of rotatable bonds is 2. The Morgan fingerprint density at radius 2 is 2.29 bits per heavy atom. The second-order valence-corrected chi connectivity index (χ2v) is 4.50. The van der Waals surface area contributed by atoms with Crippen LogP contribution in [-0.2, 0) is 16.0 Å². The number of anilines is 1. The molecule has 0 bridgehead atoms. The molecule has 2 rings (SSSR count). The summed E-state index contributed by atoms with van der Waals surface area (Å²) in [5.41, 5.74) is 7.47. The van der Waals surface area contributed by atoms with Gasteiger partial charge in [0.2, 0.25) is 0 Å². The topological polar surface area (TPSA) is 61.5 Å². The fourth-order valence-electron chi connectivity index (χ4n) is 1.88. The number of nitrogens with two attached hydrogens (primary N) is 1. The lowest BCUT2D eigenvalue weighted by Crippen LogP contribution is -2.34. The lowest BCUT2D eigenvalue weighted by molar-refractivity contribution is -0.156. The maximum absolute atomic E-state index is 11.7. The van der Waals surface area contributed by atoms with Crippen LogP contribution in [0.4, 0.5) is 5.69 Å². The van der Waals surface area contributed by atoms with Crippen LogP contribution in [0.5, 0.6) is 5.75 Å². The highest BCUT2D eigenvalue weighted by Crippen LogP contribution is 2.29. The molecule has 0 saturated heterocycles. The number of fused-ring (bicyclic) bond motifs is 1. The number of nitrogen functional groups attached to an aromatic ring is 1. The molecule has 0 aliphatic carbocycles. The van der Waals surface area contributed by atoms with Crippen molar-refractivity contribution in [3.05, 3.63) is 23.8 Å². The Labute approximate surface area is 101 Å². The average molecular weight is 235 g/mol. The van der Waals surface area contributed by atoms with E-state index >= 15 is 0 Å². The van der Waals surface area contributed by atoms with Crippen LogP contribution in [-0.4, -0.2) is 18.2 Å². The summed E-state index contributed by atoms with van der Waals surface area (Å²) >= 11 is 0. The summed E-state index contributed by atoms with van der Waals surface area (Å²) in [4.78, 5) is 11.7. The minimum Gasteiger partial charge on any atom is -0.478 e. The molecule has 4 nitrogen and oxygen atoms in total. The number of hydrogen-bond donors (Lipinski definition) is 1. The van der Waals surface area contributed by atoms with E-state index in [1.165, 1.54) is 0 Å². The van der Waals surface area contributed by atoms with Crippen molar-refractivity contribution in [2.75, 3.05) is 5.73 Å². The Hall–Kier alpha value is -1.71. The van der Waals surface area contributed by atoms with Gasteiger partial charge in [-0.05, 0) is 50.5 Å². The summed E-state index contributed by atoms with van der Waals surface area (Å²) in [6.45, 7) is 3.66. The van der Waals surface area contributed by atoms with Gasteiger partial charge in [0.15, 0.2) is 6.10 Å². The van der Waals surface area contributed by atoms with E-state index in [2.05, 4.69) is 0 Å². The predicted molar refractivity (Wildman–Crippen MR) is 64.8 cm³/mol. The molecule has 0 saturated carbocycles. The zero-order valence-corrected chi connectivity index (χ0v) is 10.1. The normalized spacial score (nSPS) is 18.4. The van der Waals surface area contributed by atoms with Crippen molar-refractivity contribution in [1.82, 2.24) is 0 Å². The van der Waals surface area contributed by atoms with E-state index in [1.807, 2.05) is 19.9 Å². The van der Waals surface area contributed by atoms with Gasteiger partial charge in [-0.25, -0.2) is 4.79 Å². The SMILES string of the molecule is CC(C)OC(=O)C1CCc2cc(N)ccc2O1. The minimum atomic E-state index is -0.492. The third-order valence-electron chi connectivity index (χ3n) is 2.64. The van der Waals surface area contributed by atoms with Crippen LogP contribution in [0.2, 0.25) is 0 Å². The standard InChI is InChI=1S/C13H17NO3/c1-8(2)16-13(15)12-5-3-9-7-10(14)4-6-11(9)17-12/h4,6-8,12H,3,5,14H2,1-2H3. The number of ether oxygens (including phenoxy) is 2. The molecule has 1 heterocycles. The van der Waals surface area contributed by atoms with E-state index in [0.717, 1.165) is 23.4 Å². The Bertz CT molecular complexity index is 429. The van der Waals surface area contributed by atoms with Gasteiger partial charge in [0.25, 0.3) is 0 Å². The first kappa shape index (κ1) is 11.8. The monoisotopic (exact) mass is 235 g/mol. The minimum absolute atomic E-state index is 0.112. The summed E-state index contributed by atoms with van der Waals surface area (Å²) in [6.07, 6.45) is 0.827.